The van der Waals surface area contributed by atoms with E-state index in [4.69, 9.17) is 11.6 Å². The largest absolute Gasteiger partial charge is 0.348 e. The van der Waals surface area contributed by atoms with Crippen molar-refractivity contribution < 1.29 is 9.18 Å². The van der Waals surface area contributed by atoms with E-state index >= 15 is 0 Å². The lowest BCUT2D eigenvalue weighted by Gasteiger charge is -2.19. The molecule has 3 nitrogen and oxygen atoms in total. The third-order valence-electron chi connectivity index (χ3n) is 3.32. The maximum atomic E-state index is 13.1. The zero-order valence-electron chi connectivity index (χ0n) is 12.8. The smallest absolute Gasteiger partial charge is 0.254 e. The third kappa shape index (κ3) is 4.04. The molecule has 0 radical (unpaired) electrons. The van der Waals surface area contributed by atoms with Crippen LogP contribution in [0.2, 0.25) is 5.15 Å². The number of pyridine rings is 1. The topological polar surface area (TPSA) is 42.0 Å². The highest BCUT2D eigenvalue weighted by Gasteiger charge is 2.14. The molecule has 0 aliphatic carbocycles. The van der Waals surface area contributed by atoms with Gasteiger partial charge < -0.3 is 5.32 Å². The third-order valence-corrected chi connectivity index (χ3v) is 3.62. The van der Waals surface area contributed by atoms with Gasteiger partial charge in [0.2, 0.25) is 0 Å². The minimum absolute atomic E-state index is 0.0121. The van der Waals surface area contributed by atoms with Crippen LogP contribution in [0.25, 0.3) is 0 Å². The number of carbonyl (C=O) groups is 1. The Labute approximate surface area is 134 Å². The van der Waals surface area contributed by atoms with E-state index in [1.165, 1.54) is 5.56 Å². The first-order chi connectivity index (χ1) is 10.3. The van der Waals surface area contributed by atoms with Crippen molar-refractivity contribution in [2.75, 3.05) is 0 Å². The standard InChI is InChI=1S/C17H18ClFN2O/c1-17(2,3)12-6-4-11(5-7-12)9-21-16(22)14-8-13(19)10-20-15(14)18/h4-8,10H,9H2,1-3H3,(H,21,22). The van der Waals surface area contributed by atoms with Crippen LogP contribution in [0.5, 0.6) is 0 Å². The molecular weight excluding hydrogens is 303 g/mol. The van der Waals surface area contributed by atoms with E-state index < -0.39 is 11.7 Å². The Kier molecular flexibility index (Phi) is 4.81. The van der Waals surface area contributed by atoms with Crippen LogP contribution in [0.1, 0.15) is 42.3 Å². The Morgan fingerprint density at radius 1 is 1.27 bits per heavy atom. The van der Waals surface area contributed by atoms with Crippen molar-refractivity contribution in [2.45, 2.75) is 32.7 Å². The fourth-order valence-electron chi connectivity index (χ4n) is 1.98. The van der Waals surface area contributed by atoms with E-state index in [1.54, 1.807) is 0 Å². The molecule has 1 aromatic heterocycles. The number of nitrogens with one attached hydrogen (secondary N) is 1. The Hall–Kier alpha value is -1.94. The molecule has 116 valence electrons. The molecule has 0 spiro atoms. The summed E-state index contributed by atoms with van der Waals surface area (Å²) in [6.45, 7) is 6.77. The van der Waals surface area contributed by atoms with E-state index in [2.05, 4.69) is 31.1 Å². The van der Waals surface area contributed by atoms with E-state index in [9.17, 15) is 9.18 Å². The summed E-state index contributed by atoms with van der Waals surface area (Å²) < 4.78 is 13.1. The molecule has 1 amide bonds. The molecule has 0 aliphatic heterocycles. The van der Waals surface area contributed by atoms with Crippen molar-refractivity contribution in [3.8, 4) is 0 Å². The molecule has 0 aliphatic rings. The Morgan fingerprint density at radius 2 is 1.91 bits per heavy atom. The first-order valence-corrected chi connectivity index (χ1v) is 7.34. The van der Waals surface area contributed by atoms with Crippen molar-refractivity contribution in [1.82, 2.24) is 10.3 Å². The molecule has 0 fully saturated rings. The van der Waals surface area contributed by atoms with Gasteiger partial charge in [-0.3, -0.25) is 4.79 Å². The van der Waals surface area contributed by atoms with Crippen LogP contribution >= 0.6 is 11.6 Å². The van der Waals surface area contributed by atoms with Gasteiger partial charge >= 0.3 is 0 Å². The van der Waals surface area contributed by atoms with Gasteiger partial charge in [0.1, 0.15) is 11.0 Å². The summed E-state index contributed by atoms with van der Waals surface area (Å²) in [5.41, 5.74) is 2.30. The van der Waals surface area contributed by atoms with Crippen LogP contribution in [-0.4, -0.2) is 10.9 Å². The first kappa shape index (κ1) is 16.4. The lowest BCUT2D eigenvalue weighted by atomic mass is 9.87. The van der Waals surface area contributed by atoms with Crippen molar-refractivity contribution in [3.05, 3.63) is 64.2 Å². The molecule has 0 unspecified atom stereocenters. The summed E-state index contributed by atoms with van der Waals surface area (Å²) >= 11 is 5.81. The van der Waals surface area contributed by atoms with Crippen molar-refractivity contribution in [2.24, 2.45) is 0 Å². The molecule has 5 heteroatoms. The molecule has 22 heavy (non-hydrogen) atoms. The van der Waals surface area contributed by atoms with Gasteiger partial charge in [0.25, 0.3) is 5.91 Å². The minimum atomic E-state index is -0.593. The maximum absolute atomic E-state index is 13.1. The fraction of sp³-hybridized carbons (Fsp3) is 0.294. The molecule has 0 bridgehead atoms. The summed E-state index contributed by atoms with van der Waals surface area (Å²) in [5, 5.41) is 2.70. The maximum Gasteiger partial charge on any atom is 0.254 e. The van der Waals surface area contributed by atoms with Gasteiger partial charge in [-0.1, -0.05) is 56.6 Å². The van der Waals surface area contributed by atoms with Gasteiger partial charge in [-0.25, -0.2) is 9.37 Å². The second kappa shape index (κ2) is 6.44. The molecule has 2 rings (SSSR count). The number of hydrogen-bond acceptors (Lipinski definition) is 2. The predicted octanol–water partition coefficient (Wildman–Crippen LogP) is 4.10. The molecule has 1 heterocycles. The van der Waals surface area contributed by atoms with Crippen LogP contribution in [0.4, 0.5) is 4.39 Å². The van der Waals surface area contributed by atoms with Crippen LogP contribution < -0.4 is 5.32 Å². The van der Waals surface area contributed by atoms with Crippen LogP contribution in [0, 0.1) is 5.82 Å². The number of aromatic nitrogens is 1. The highest BCUT2D eigenvalue weighted by atomic mass is 35.5. The van der Waals surface area contributed by atoms with Crippen molar-refractivity contribution >= 4 is 17.5 Å². The normalized spacial score (nSPS) is 11.3. The number of rotatable bonds is 3. The SMILES string of the molecule is CC(C)(C)c1ccc(CNC(=O)c2cc(F)cnc2Cl)cc1. The zero-order chi connectivity index (χ0) is 16.3. The van der Waals surface area contributed by atoms with Crippen molar-refractivity contribution in [3.63, 3.8) is 0 Å². The van der Waals surface area contributed by atoms with E-state index in [0.29, 0.717) is 6.54 Å². The quantitative estimate of drug-likeness (QED) is 0.865. The molecule has 0 saturated carbocycles. The number of nitrogens with zero attached hydrogens (tertiary/aromatic N) is 1. The van der Waals surface area contributed by atoms with E-state index in [-0.39, 0.29) is 16.1 Å². The van der Waals surface area contributed by atoms with Crippen LogP contribution in [0.3, 0.4) is 0 Å². The highest BCUT2D eigenvalue weighted by molar-refractivity contribution is 6.32. The first-order valence-electron chi connectivity index (χ1n) is 6.96. The second-order valence-corrected chi connectivity index (χ2v) is 6.48. The monoisotopic (exact) mass is 320 g/mol. The van der Waals surface area contributed by atoms with Crippen LogP contribution in [-0.2, 0) is 12.0 Å². The van der Waals surface area contributed by atoms with Gasteiger partial charge in [-0.2, -0.15) is 0 Å². The highest BCUT2D eigenvalue weighted by Crippen LogP contribution is 2.22. The fourth-order valence-corrected chi connectivity index (χ4v) is 2.17. The van der Waals surface area contributed by atoms with E-state index in [0.717, 1.165) is 17.8 Å². The van der Waals surface area contributed by atoms with Crippen molar-refractivity contribution in [1.29, 1.82) is 0 Å². The van der Waals surface area contributed by atoms with Gasteiger partial charge in [0.05, 0.1) is 11.8 Å². The summed E-state index contributed by atoms with van der Waals surface area (Å²) in [7, 11) is 0. The number of hydrogen-bond donors (Lipinski definition) is 1. The summed E-state index contributed by atoms with van der Waals surface area (Å²) in [5.74, 6) is -1.04. The average molecular weight is 321 g/mol. The molecule has 1 N–H and O–H groups in total. The summed E-state index contributed by atoms with van der Waals surface area (Å²) in [4.78, 5) is 15.6. The lowest BCUT2D eigenvalue weighted by Crippen LogP contribution is -2.23. The Balaban J connectivity index is 2.04. The molecular formula is C17H18ClFN2O. The predicted molar refractivity (Wildman–Crippen MR) is 85.5 cm³/mol. The molecule has 0 atom stereocenters. The van der Waals surface area contributed by atoms with Gasteiger partial charge in [-0.05, 0) is 22.6 Å². The van der Waals surface area contributed by atoms with Crippen LogP contribution in [0.15, 0.2) is 36.5 Å². The number of benzene rings is 1. The van der Waals surface area contributed by atoms with E-state index in [1.807, 2.05) is 24.3 Å². The minimum Gasteiger partial charge on any atom is -0.348 e. The molecule has 2 aromatic rings. The number of amides is 1. The zero-order valence-corrected chi connectivity index (χ0v) is 13.5. The van der Waals surface area contributed by atoms with Gasteiger partial charge in [-0.15, -0.1) is 0 Å². The molecule has 1 aromatic carbocycles. The number of halogens is 2. The Bertz CT molecular complexity index is 678. The lowest BCUT2D eigenvalue weighted by molar-refractivity contribution is 0.0950. The molecule has 0 saturated heterocycles. The van der Waals surface area contributed by atoms with Gasteiger partial charge in [0, 0.05) is 6.54 Å². The number of carbonyl (C=O) groups excluding carboxylic acids is 1. The summed E-state index contributed by atoms with van der Waals surface area (Å²) in [6.07, 6.45) is 0.977. The Morgan fingerprint density at radius 3 is 2.50 bits per heavy atom. The second-order valence-electron chi connectivity index (χ2n) is 6.12. The van der Waals surface area contributed by atoms with Gasteiger partial charge in [0.15, 0.2) is 0 Å². The summed E-state index contributed by atoms with van der Waals surface area (Å²) in [6, 6.07) is 9.09. The average Bonchev–Trinajstić information content (AvgIpc) is 2.47.